The van der Waals surface area contributed by atoms with Crippen LogP contribution in [0.2, 0.25) is 0 Å². The van der Waals surface area contributed by atoms with Gasteiger partial charge in [0.05, 0.1) is 18.2 Å². The van der Waals surface area contributed by atoms with Crippen LogP contribution in [0.15, 0.2) is 29.8 Å². The highest BCUT2D eigenvalue weighted by atomic mass is 16.5. The van der Waals surface area contributed by atoms with Gasteiger partial charge >= 0.3 is 0 Å². The Morgan fingerprint density at radius 3 is 3.00 bits per heavy atom. The molecule has 1 N–H and O–H groups in total. The first-order valence-corrected chi connectivity index (χ1v) is 4.15. The topological polar surface area (TPSA) is 53.2 Å². The van der Waals surface area contributed by atoms with Gasteiger partial charge in [-0.2, -0.15) is 5.26 Å². The van der Waals surface area contributed by atoms with Crippen molar-refractivity contribution in [3.8, 4) is 11.8 Å². The molecule has 0 aliphatic carbocycles. The maximum atomic E-state index is 9.19. The van der Waals surface area contributed by atoms with Crippen molar-refractivity contribution in [1.82, 2.24) is 0 Å². The van der Waals surface area contributed by atoms with E-state index in [9.17, 15) is 5.11 Å². The molecular weight excluding hydrogens is 178 g/mol. The third kappa shape index (κ3) is 2.92. The standard InChI is InChI=1S/C11H11NO2/c1-14-8-10(7-12)5-9-3-2-4-11(13)6-9/h2-6,13H,8H2,1H3. The lowest BCUT2D eigenvalue weighted by atomic mass is 10.1. The van der Waals surface area contributed by atoms with Crippen LogP contribution in [0.3, 0.4) is 0 Å². The first-order chi connectivity index (χ1) is 6.76. The average Bonchev–Trinajstić information content (AvgIpc) is 2.17. The van der Waals surface area contributed by atoms with Gasteiger partial charge in [0.25, 0.3) is 0 Å². The molecule has 0 radical (unpaired) electrons. The third-order valence-corrected chi connectivity index (χ3v) is 1.65. The van der Waals surface area contributed by atoms with Gasteiger partial charge in [-0.25, -0.2) is 0 Å². The van der Waals surface area contributed by atoms with Crippen LogP contribution in [0.4, 0.5) is 0 Å². The van der Waals surface area contributed by atoms with Crippen LogP contribution in [0.5, 0.6) is 5.75 Å². The summed E-state index contributed by atoms with van der Waals surface area (Å²) >= 11 is 0. The Balaban J connectivity index is 2.90. The first-order valence-electron chi connectivity index (χ1n) is 4.15. The maximum Gasteiger partial charge on any atom is 0.116 e. The highest BCUT2D eigenvalue weighted by Gasteiger charge is 1.96. The smallest absolute Gasteiger partial charge is 0.116 e. The lowest BCUT2D eigenvalue weighted by Crippen LogP contribution is -1.91. The van der Waals surface area contributed by atoms with Crippen molar-refractivity contribution in [2.75, 3.05) is 13.7 Å². The predicted octanol–water partition coefficient (Wildman–Crippen LogP) is 1.95. The van der Waals surface area contributed by atoms with Crippen molar-refractivity contribution < 1.29 is 9.84 Å². The van der Waals surface area contributed by atoms with Crippen molar-refractivity contribution in [2.45, 2.75) is 0 Å². The number of nitriles is 1. The lowest BCUT2D eigenvalue weighted by molar-refractivity contribution is 0.229. The molecule has 3 nitrogen and oxygen atoms in total. The van der Waals surface area contributed by atoms with Gasteiger partial charge in [0.1, 0.15) is 5.75 Å². The number of phenolic OH excluding ortho intramolecular Hbond substituents is 1. The Labute approximate surface area is 82.9 Å². The van der Waals surface area contributed by atoms with E-state index >= 15 is 0 Å². The molecule has 0 amide bonds. The molecule has 0 spiro atoms. The second-order valence-electron chi connectivity index (χ2n) is 2.81. The van der Waals surface area contributed by atoms with Crippen molar-refractivity contribution in [2.24, 2.45) is 0 Å². The molecular formula is C11H11NO2. The highest BCUT2D eigenvalue weighted by Crippen LogP contribution is 2.13. The average molecular weight is 189 g/mol. The number of hydrogen-bond donors (Lipinski definition) is 1. The summed E-state index contributed by atoms with van der Waals surface area (Å²) in [5, 5.41) is 17.9. The summed E-state index contributed by atoms with van der Waals surface area (Å²) in [6.45, 7) is 0.284. The van der Waals surface area contributed by atoms with E-state index in [1.54, 1.807) is 24.3 Å². The highest BCUT2D eigenvalue weighted by molar-refractivity contribution is 5.58. The zero-order chi connectivity index (χ0) is 10.4. The molecule has 0 saturated carbocycles. The van der Waals surface area contributed by atoms with Crippen LogP contribution in [0, 0.1) is 11.3 Å². The number of methoxy groups -OCH3 is 1. The Hall–Kier alpha value is -1.79. The number of aromatic hydroxyl groups is 1. The fourth-order valence-electron chi connectivity index (χ4n) is 1.08. The van der Waals surface area contributed by atoms with Crippen molar-refractivity contribution >= 4 is 6.08 Å². The van der Waals surface area contributed by atoms with Crippen LogP contribution in [-0.4, -0.2) is 18.8 Å². The van der Waals surface area contributed by atoms with Gasteiger partial charge in [0.2, 0.25) is 0 Å². The van der Waals surface area contributed by atoms with Gasteiger partial charge in [-0.1, -0.05) is 12.1 Å². The number of phenols is 1. The summed E-state index contributed by atoms with van der Waals surface area (Å²) in [7, 11) is 1.54. The van der Waals surface area contributed by atoms with Gasteiger partial charge in [0, 0.05) is 7.11 Å². The third-order valence-electron chi connectivity index (χ3n) is 1.65. The summed E-state index contributed by atoms with van der Waals surface area (Å²) in [6, 6.07) is 8.74. The normalized spacial score (nSPS) is 11.0. The molecule has 3 heteroatoms. The molecule has 0 heterocycles. The summed E-state index contributed by atoms with van der Waals surface area (Å²) in [4.78, 5) is 0. The summed E-state index contributed by atoms with van der Waals surface area (Å²) in [5.74, 6) is 0.188. The second-order valence-corrected chi connectivity index (χ2v) is 2.81. The number of ether oxygens (including phenoxy) is 1. The number of nitrogens with zero attached hydrogens (tertiary/aromatic N) is 1. The summed E-state index contributed by atoms with van der Waals surface area (Å²) < 4.78 is 4.84. The molecule has 0 aliphatic heterocycles. The van der Waals surface area contributed by atoms with E-state index in [-0.39, 0.29) is 12.4 Å². The monoisotopic (exact) mass is 189 g/mol. The maximum absolute atomic E-state index is 9.19. The molecule has 0 fully saturated rings. The van der Waals surface area contributed by atoms with E-state index in [0.717, 1.165) is 5.56 Å². The van der Waals surface area contributed by atoms with Crippen LogP contribution in [0.1, 0.15) is 5.56 Å². The fourth-order valence-corrected chi connectivity index (χ4v) is 1.08. The van der Waals surface area contributed by atoms with Gasteiger partial charge in [-0.15, -0.1) is 0 Å². The lowest BCUT2D eigenvalue weighted by Gasteiger charge is -1.98. The number of hydrogen-bond acceptors (Lipinski definition) is 3. The minimum absolute atomic E-state index is 0.188. The Morgan fingerprint density at radius 1 is 1.64 bits per heavy atom. The van der Waals surface area contributed by atoms with Crippen molar-refractivity contribution in [3.63, 3.8) is 0 Å². The van der Waals surface area contributed by atoms with E-state index in [4.69, 9.17) is 10.00 Å². The molecule has 0 saturated heterocycles. The SMILES string of the molecule is COCC(C#N)=Cc1cccc(O)c1. The molecule has 0 aliphatic rings. The Kier molecular flexibility index (Phi) is 3.71. The quantitative estimate of drug-likeness (QED) is 0.739. The molecule has 0 bridgehead atoms. The van der Waals surface area contributed by atoms with E-state index in [0.29, 0.717) is 5.57 Å². The molecule has 1 aromatic rings. The Morgan fingerprint density at radius 2 is 2.43 bits per heavy atom. The van der Waals surface area contributed by atoms with Crippen LogP contribution < -0.4 is 0 Å². The van der Waals surface area contributed by atoms with E-state index in [2.05, 4.69) is 0 Å². The predicted molar refractivity (Wildman–Crippen MR) is 53.6 cm³/mol. The second kappa shape index (κ2) is 5.05. The molecule has 0 unspecified atom stereocenters. The first kappa shape index (κ1) is 10.3. The fraction of sp³-hybridized carbons (Fsp3) is 0.182. The van der Waals surface area contributed by atoms with E-state index < -0.39 is 0 Å². The Bertz CT molecular complexity index is 377. The molecule has 1 rings (SSSR count). The van der Waals surface area contributed by atoms with Crippen LogP contribution in [-0.2, 0) is 4.74 Å². The zero-order valence-corrected chi connectivity index (χ0v) is 7.90. The molecule has 1 aromatic carbocycles. The number of rotatable bonds is 3. The number of benzene rings is 1. The van der Waals surface area contributed by atoms with Gasteiger partial charge < -0.3 is 9.84 Å². The minimum atomic E-state index is 0.188. The summed E-state index contributed by atoms with van der Waals surface area (Å²) in [6.07, 6.45) is 1.68. The van der Waals surface area contributed by atoms with Gasteiger partial charge in [-0.05, 0) is 23.8 Å². The van der Waals surface area contributed by atoms with Crippen LogP contribution >= 0.6 is 0 Å². The van der Waals surface area contributed by atoms with E-state index in [1.807, 2.05) is 12.1 Å². The summed E-state index contributed by atoms with van der Waals surface area (Å²) in [5.41, 5.74) is 1.32. The zero-order valence-electron chi connectivity index (χ0n) is 7.90. The van der Waals surface area contributed by atoms with Crippen molar-refractivity contribution in [1.29, 1.82) is 5.26 Å². The van der Waals surface area contributed by atoms with E-state index in [1.165, 1.54) is 7.11 Å². The minimum Gasteiger partial charge on any atom is -0.508 e. The van der Waals surface area contributed by atoms with Crippen LogP contribution in [0.25, 0.3) is 6.08 Å². The molecule has 72 valence electrons. The van der Waals surface area contributed by atoms with Gasteiger partial charge in [-0.3, -0.25) is 0 Å². The molecule has 0 atom stereocenters. The van der Waals surface area contributed by atoms with Crippen molar-refractivity contribution in [3.05, 3.63) is 35.4 Å². The molecule has 0 aromatic heterocycles. The largest absolute Gasteiger partial charge is 0.508 e. The molecule has 14 heavy (non-hydrogen) atoms. The van der Waals surface area contributed by atoms with Gasteiger partial charge in [0.15, 0.2) is 0 Å².